The Labute approximate surface area is 228 Å². The van der Waals surface area contributed by atoms with E-state index in [4.69, 9.17) is 16.6 Å². The number of fused-ring (bicyclic) bond motifs is 2. The fourth-order valence-corrected chi connectivity index (χ4v) is 5.24. The Hall–Kier alpha value is -3.63. The summed E-state index contributed by atoms with van der Waals surface area (Å²) in [5, 5.41) is 3.60. The van der Waals surface area contributed by atoms with Crippen molar-refractivity contribution >= 4 is 52.0 Å². The van der Waals surface area contributed by atoms with Crippen LogP contribution in [0.15, 0.2) is 53.3 Å². The molecule has 0 radical (unpaired) electrons. The molecule has 0 fully saturated rings. The van der Waals surface area contributed by atoms with Crippen molar-refractivity contribution in [1.82, 2.24) is 19.3 Å². The number of amides is 1. The zero-order valence-corrected chi connectivity index (χ0v) is 22.7. The molecule has 11 heteroatoms. The van der Waals surface area contributed by atoms with E-state index in [1.807, 2.05) is 19.1 Å². The Morgan fingerprint density at radius 1 is 1.16 bits per heavy atom. The van der Waals surface area contributed by atoms with Crippen molar-refractivity contribution in [3.63, 3.8) is 0 Å². The lowest BCUT2D eigenvalue weighted by Gasteiger charge is -2.31. The molecule has 1 unspecified atom stereocenters. The highest BCUT2D eigenvalue weighted by molar-refractivity contribution is 7.97. The number of halogens is 2. The van der Waals surface area contributed by atoms with E-state index in [1.54, 1.807) is 25.4 Å². The van der Waals surface area contributed by atoms with E-state index in [2.05, 4.69) is 32.1 Å². The fraction of sp³-hybridized carbons (Fsp3) is 0.259. The lowest BCUT2D eigenvalue weighted by Crippen LogP contribution is -2.36. The zero-order valence-electron chi connectivity index (χ0n) is 21.1. The van der Waals surface area contributed by atoms with E-state index < -0.39 is 17.8 Å². The van der Waals surface area contributed by atoms with Gasteiger partial charge in [0.15, 0.2) is 5.69 Å². The van der Waals surface area contributed by atoms with Crippen LogP contribution >= 0.6 is 23.5 Å². The van der Waals surface area contributed by atoms with Gasteiger partial charge < -0.3 is 10.2 Å². The molecule has 196 valence electrons. The van der Waals surface area contributed by atoms with E-state index in [0.29, 0.717) is 35.8 Å². The molecule has 5 rings (SSSR count). The molecule has 8 nitrogen and oxygen atoms in total. The van der Waals surface area contributed by atoms with Gasteiger partial charge in [0.1, 0.15) is 11.0 Å². The monoisotopic (exact) mass is 552 g/mol. The third kappa shape index (κ3) is 4.93. The molecule has 2 aromatic heterocycles. The van der Waals surface area contributed by atoms with Gasteiger partial charge in [0.2, 0.25) is 5.95 Å². The summed E-state index contributed by atoms with van der Waals surface area (Å²) in [4.78, 5) is 37.1. The highest BCUT2D eigenvalue weighted by Gasteiger charge is 2.24. The van der Waals surface area contributed by atoms with Gasteiger partial charge in [-0.25, -0.2) is 14.4 Å². The first-order valence-electron chi connectivity index (χ1n) is 12.0. The summed E-state index contributed by atoms with van der Waals surface area (Å²) < 4.78 is 18.9. The molecule has 2 aromatic carbocycles. The third-order valence-electron chi connectivity index (χ3n) is 6.67. The second-order valence-electron chi connectivity index (χ2n) is 9.14. The molecule has 4 aromatic rings. The highest BCUT2D eigenvalue weighted by atomic mass is 35.5. The minimum absolute atomic E-state index is 0.107. The van der Waals surface area contributed by atoms with Gasteiger partial charge in [0.25, 0.3) is 11.5 Å². The molecule has 0 spiro atoms. The number of benzene rings is 2. The van der Waals surface area contributed by atoms with Crippen molar-refractivity contribution < 1.29 is 9.18 Å². The highest BCUT2D eigenvalue weighted by Crippen LogP contribution is 2.30. The van der Waals surface area contributed by atoms with Gasteiger partial charge in [-0.2, -0.15) is 0 Å². The molecule has 0 saturated heterocycles. The van der Waals surface area contributed by atoms with Crippen LogP contribution in [0.25, 0.3) is 10.9 Å². The quantitative estimate of drug-likeness (QED) is 0.260. The fourth-order valence-electron chi connectivity index (χ4n) is 4.81. The maximum absolute atomic E-state index is 14.8. The first kappa shape index (κ1) is 26.0. The molecule has 3 heterocycles. The lowest BCUT2D eigenvalue weighted by atomic mass is 10.00. The molecular formula is C27H26ClFN6O2S. The van der Waals surface area contributed by atoms with Crippen molar-refractivity contribution in [3.05, 3.63) is 92.2 Å². The number of anilines is 2. The van der Waals surface area contributed by atoms with E-state index in [1.165, 1.54) is 27.8 Å². The summed E-state index contributed by atoms with van der Waals surface area (Å²) >= 11 is 7.18. The van der Waals surface area contributed by atoms with Crippen LogP contribution in [0, 0.1) is 5.82 Å². The van der Waals surface area contributed by atoms with E-state index in [-0.39, 0.29) is 21.8 Å². The molecule has 1 aliphatic heterocycles. The second kappa shape index (κ2) is 10.6. The first-order chi connectivity index (χ1) is 18.3. The summed E-state index contributed by atoms with van der Waals surface area (Å²) in [5.74, 6) is -0.446. The van der Waals surface area contributed by atoms with Crippen LogP contribution in [0.2, 0.25) is 5.15 Å². The zero-order chi connectivity index (χ0) is 27.0. The number of carbonyl (C=O) groups is 1. The summed E-state index contributed by atoms with van der Waals surface area (Å²) in [6.07, 6.45) is 2.56. The van der Waals surface area contributed by atoms with Crippen LogP contribution in [0.3, 0.4) is 0 Å². The second-order valence-corrected chi connectivity index (χ2v) is 10.1. The standard InChI is InChI=1S/C27H26ClFN6O2S/c1-15(30-21-8-9-22(28)31-24(21)25(36)33-38-3)19-12-18(29)13-20-23(19)32-27(34(2)26(20)37)35-11-10-16-6-4-5-7-17(16)14-35/h4-9,12-13,15,30H,10-11,14H2,1-3H3,(H,33,36). The van der Waals surface area contributed by atoms with Crippen LogP contribution in [0.1, 0.15) is 40.1 Å². The topological polar surface area (TPSA) is 92.2 Å². The Morgan fingerprint density at radius 2 is 1.92 bits per heavy atom. The average Bonchev–Trinajstić information content (AvgIpc) is 2.91. The Morgan fingerprint density at radius 3 is 2.68 bits per heavy atom. The summed E-state index contributed by atoms with van der Waals surface area (Å²) in [5.41, 5.74) is 3.56. The van der Waals surface area contributed by atoms with Gasteiger partial charge in [-0.1, -0.05) is 47.8 Å². The predicted molar refractivity (Wildman–Crippen MR) is 150 cm³/mol. The number of pyridine rings is 1. The van der Waals surface area contributed by atoms with Gasteiger partial charge in [0, 0.05) is 32.0 Å². The van der Waals surface area contributed by atoms with Crippen LogP contribution in [-0.2, 0) is 20.0 Å². The number of nitrogens with one attached hydrogen (secondary N) is 2. The molecule has 1 atom stereocenters. The number of hydrogen-bond acceptors (Lipinski definition) is 7. The van der Waals surface area contributed by atoms with Crippen LogP contribution in [-0.4, -0.2) is 33.2 Å². The van der Waals surface area contributed by atoms with Crippen LogP contribution < -0.4 is 20.5 Å². The molecule has 1 aliphatic rings. The molecule has 0 aliphatic carbocycles. The Balaban J connectivity index is 1.57. The van der Waals surface area contributed by atoms with Crippen LogP contribution in [0.5, 0.6) is 0 Å². The summed E-state index contributed by atoms with van der Waals surface area (Å²) in [7, 11) is 1.66. The Kier molecular flexibility index (Phi) is 7.27. The predicted octanol–water partition coefficient (Wildman–Crippen LogP) is 4.86. The third-order valence-corrected chi connectivity index (χ3v) is 7.27. The maximum atomic E-state index is 14.8. The van der Waals surface area contributed by atoms with Gasteiger partial charge in [0.05, 0.1) is 22.6 Å². The number of rotatable bonds is 6. The normalized spacial score (nSPS) is 13.8. The SMILES string of the molecule is CSNC(=O)c1nc(Cl)ccc1NC(C)c1cc(F)cc2c(=O)n(C)c(N3CCc4ccccc4C3)nc12. The number of aromatic nitrogens is 3. The number of hydrogen-bond donors (Lipinski definition) is 2. The molecule has 2 N–H and O–H groups in total. The maximum Gasteiger partial charge on any atom is 0.281 e. The Bertz CT molecular complexity index is 1610. The minimum Gasteiger partial charge on any atom is -0.377 e. The van der Waals surface area contributed by atoms with Crippen molar-refractivity contribution in [2.24, 2.45) is 7.05 Å². The lowest BCUT2D eigenvalue weighted by molar-refractivity contribution is 0.0980. The minimum atomic E-state index is -0.547. The van der Waals surface area contributed by atoms with Crippen molar-refractivity contribution in [1.29, 1.82) is 0 Å². The van der Waals surface area contributed by atoms with Crippen molar-refractivity contribution in [2.45, 2.75) is 25.9 Å². The van der Waals surface area contributed by atoms with E-state index in [0.717, 1.165) is 18.4 Å². The molecule has 1 amide bonds. The van der Waals surface area contributed by atoms with E-state index in [9.17, 15) is 14.0 Å². The van der Waals surface area contributed by atoms with E-state index >= 15 is 0 Å². The first-order valence-corrected chi connectivity index (χ1v) is 13.7. The van der Waals surface area contributed by atoms with Gasteiger partial charge in [-0.3, -0.25) is 18.9 Å². The molecule has 0 bridgehead atoms. The van der Waals surface area contributed by atoms with Crippen molar-refractivity contribution in [3.8, 4) is 0 Å². The van der Waals surface area contributed by atoms with Gasteiger partial charge in [-0.05, 0) is 48.7 Å². The van der Waals surface area contributed by atoms with Gasteiger partial charge >= 0.3 is 0 Å². The molecule has 0 saturated carbocycles. The molecule has 38 heavy (non-hydrogen) atoms. The summed E-state index contributed by atoms with van der Waals surface area (Å²) in [6.45, 7) is 3.14. The molecular weight excluding hydrogens is 527 g/mol. The average molecular weight is 553 g/mol. The summed E-state index contributed by atoms with van der Waals surface area (Å²) in [6, 6.07) is 13.5. The van der Waals surface area contributed by atoms with Crippen molar-refractivity contribution in [2.75, 3.05) is 23.0 Å². The van der Waals surface area contributed by atoms with Gasteiger partial charge in [-0.15, -0.1) is 0 Å². The smallest absolute Gasteiger partial charge is 0.281 e. The largest absolute Gasteiger partial charge is 0.377 e. The number of carbonyl (C=O) groups excluding carboxylic acids is 1. The number of nitrogens with zero attached hydrogens (tertiary/aromatic N) is 4. The van der Waals surface area contributed by atoms with Crippen LogP contribution in [0.4, 0.5) is 16.0 Å².